The van der Waals surface area contributed by atoms with E-state index >= 15 is 0 Å². The zero-order valence-corrected chi connectivity index (χ0v) is 9.30. The molecule has 18 heavy (non-hydrogen) atoms. The quantitative estimate of drug-likeness (QED) is 0.262. The van der Waals surface area contributed by atoms with Gasteiger partial charge < -0.3 is 5.21 Å². The number of oxime groups is 2. The molecule has 3 rings (SSSR count). The Labute approximate surface area is 101 Å². The van der Waals surface area contributed by atoms with Gasteiger partial charge >= 0.3 is 0 Å². The van der Waals surface area contributed by atoms with Crippen LogP contribution in [-0.2, 0) is 9.88 Å². The van der Waals surface area contributed by atoms with Crippen LogP contribution in [0.5, 0.6) is 0 Å². The fraction of sp³-hybridized carbons (Fsp3) is 0.500. The van der Waals surface area contributed by atoms with E-state index in [1.807, 2.05) is 0 Å². The first-order chi connectivity index (χ1) is 8.83. The van der Waals surface area contributed by atoms with Crippen molar-refractivity contribution in [3.05, 3.63) is 16.6 Å². The van der Waals surface area contributed by atoms with E-state index in [1.54, 1.807) is 10.1 Å². The van der Waals surface area contributed by atoms with E-state index in [4.69, 9.17) is 9.88 Å². The molecule has 0 bridgehead atoms. The first-order valence-corrected chi connectivity index (χ1v) is 5.33. The second kappa shape index (κ2) is 4.58. The van der Waals surface area contributed by atoms with Crippen LogP contribution in [0.15, 0.2) is 14.9 Å². The molecule has 0 spiro atoms. The van der Waals surface area contributed by atoms with Gasteiger partial charge in [-0.3, -0.25) is 14.5 Å². The summed E-state index contributed by atoms with van der Waals surface area (Å²) in [5.41, 5.74) is 0.306. The molecule has 96 valence electrons. The van der Waals surface area contributed by atoms with Gasteiger partial charge in [0, 0.05) is 5.16 Å². The Morgan fingerprint density at radius 2 is 1.78 bits per heavy atom. The number of nitrogens with zero attached hydrogens (tertiary/aromatic N) is 6. The molecule has 10 nitrogen and oxygen atoms in total. The maximum absolute atomic E-state index is 11.3. The molecule has 2 aliphatic rings. The van der Waals surface area contributed by atoms with Crippen LogP contribution < -0.4 is 4.90 Å². The minimum atomic E-state index is 0.0926. The van der Waals surface area contributed by atoms with E-state index in [9.17, 15) is 5.21 Å². The second-order valence-electron chi connectivity index (χ2n) is 3.69. The van der Waals surface area contributed by atoms with Gasteiger partial charge in [-0.15, -0.1) is 10.1 Å². The third-order valence-electron chi connectivity index (χ3n) is 2.16. The highest BCUT2D eigenvalue weighted by atomic mass is 16.8. The third kappa shape index (κ3) is 2.73. The van der Waals surface area contributed by atoms with Crippen molar-refractivity contribution in [1.82, 2.24) is 15.3 Å². The van der Waals surface area contributed by atoms with Gasteiger partial charge in [0.15, 0.2) is 0 Å². The van der Waals surface area contributed by atoms with Gasteiger partial charge in [0.1, 0.15) is 12.4 Å². The normalized spacial score (nSPS) is 19.8. The highest BCUT2D eigenvalue weighted by Gasteiger charge is 2.21. The van der Waals surface area contributed by atoms with Crippen molar-refractivity contribution in [3.63, 3.8) is 0 Å². The molecular formula is C8H10N6O4. The summed E-state index contributed by atoms with van der Waals surface area (Å²) in [5, 5.41) is 25.3. The number of hydroxylamine groups is 4. The van der Waals surface area contributed by atoms with Crippen LogP contribution in [0.25, 0.3) is 0 Å². The predicted molar refractivity (Wildman–Crippen MR) is 56.0 cm³/mol. The van der Waals surface area contributed by atoms with Crippen LogP contribution in [0.1, 0.15) is 11.4 Å². The van der Waals surface area contributed by atoms with Crippen LogP contribution >= 0.6 is 0 Å². The zero-order valence-electron chi connectivity index (χ0n) is 9.30. The lowest BCUT2D eigenvalue weighted by Crippen LogP contribution is -2.28. The molecule has 2 fully saturated rings. The van der Waals surface area contributed by atoms with E-state index in [1.165, 1.54) is 12.4 Å². The van der Waals surface area contributed by atoms with Gasteiger partial charge in [-0.05, 0) is 4.90 Å². The molecular weight excluding hydrogens is 244 g/mol. The standard InChI is InChI=1S/C8H10N6O4/c15-14-8(6-10-17-13-3-4-13)7(11-18-14)5-9-16-12-1-2-12/h5-6H,1-4H2. The topological polar surface area (TPSA) is 102 Å². The van der Waals surface area contributed by atoms with Crippen LogP contribution in [0.4, 0.5) is 0 Å². The van der Waals surface area contributed by atoms with Crippen LogP contribution in [0.2, 0.25) is 0 Å². The van der Waals surface area contributed by atoms with Crippen molar-refractivity contribution in [2.24, 2.45) is 10.3 Å². The molecule has 3 heterocycles. The molecule has 0 aliphatic carbocycles. The fourth-order valence-electron chi connectivity index (χ4n) is 0.994. The lowest BCUT2D eigenvalue weighted by molar-refractivity contribution is -0.803. The maximum Gasteiger partial charge on any atom is 0.271 e. The SMILES string of the molecule is [O-][n+]1onc(C=NON2CC2)c1C=NON1CC1. The summed E-state index contributed by atoms with van der Waals surface area (Å²) >= 11 is 0. The van der Waals surface area contributed by atoms with E-state index < -0.39 is 0 Å². The summed E-state index contributed by atoms with van der Waals surface area (Å²) in [5.74, 6) is 0. The van der Waals surface area contributed by atoms with Crippen molar-refractivity contribution < 1.29 is 19.4 Å². The lowest BCUT2D eigenvalue weighted by atomic mass is 10.3. The molecule has 0 radical (unpaired) electrons. The van der Waals surface area contributed by atoms with Crippen molar-refractivity contribution in [1.29, 1.82) is 0 Å². The maximum atomic E-state index is 11.3. The van der Waals surface area contributed by atoms with Gasteiger partial charge in [-0.1, -0.05) is 10.3 Å². The van der Waals surface area contributed by atoms with E-state index in [2.05, 4.69) is 20.1 Å². The number of rotatable bonds is 6. The lowest BCUT2D eigenvalue weighted by Gasteiger charge is -1.93. The van der Waals surface area contributed by atoms with Crippen molar-refractivity contribution in [3.8, 4) is 0 Å². The first-order valence-electron chi connectivity index (χ1n) is 5.33. The Morgan fingerprint density at radius 1 is 1.17 bits per heavy atom. The van der Waals surface area contributed by atoms with Crippen molar-refractivity contribution in [2.75, 3.05) is 26.2 Å². The summed E-state index contributed by atoms with van der Waals surface area (Å²) in [4.78, 5) is 10.0. The third-order valence-corrected chi connectivity index (χ3v) is 2.16. The summed E-state index contributed by atoms with van der Waals surface area (Å²) in [6.45, 7) is 3.35. The van der Waals surface area contributed by atoms with Gasteiger partial charge in [0.2, 0.25) is 5.69 Å². The Bertz CT molecular complexity index is 478. The van der Waals surface area contributed by atoms with Gasteiger partial charge in [-0.25, -0.2) is 0 Å². The Balaban J connectivity index is 1.64. The molecule has 2 aliphatic heterocycles. The summed E-state index contributed by atoms with van der Waals surface area (Å²) in [6, 6.07) is 0. The molecule has 0 atom stereocenters. The summed E-state index contributed by atoms with van der Waals surface area (Å²) in [6.07, 6.45) is 2.48. The van der Waals surface area contributed by atoms with Crippen molar-refractivity contribution in [2.45, 2.75) is 0 Å². The summed E-state index contributed by atoms with van der Waals surface area (Å²) < 4.78 is 4.43. The molecule has 0 saturated carbocycles. The largest absolute Gasteiger partial charge is 0.359 e. The van der Waals surface area contributed by atoms with Gasteiger partial charge in [0.05, 0.1) is 26.2 Å². The molecule has 0 amide bonds. The molecule has 0 unspecified atom stereocenters. The van der Waals surface area contributed by atoms with Gasteiger partial charge in [0.25, 0.3) is 5.69 Å². The second-order valence-corrected chi connectivity index (χ2v) is 3.69. The molecule has 2 saturated heterocycles. The fourth-order valence-corrected chi connectivity index (χ4v) is 0.994. The van der Waals surface area contributed by atoms with Crippen LogP contribution in [0, 0.1) is 5.21 Å². The predicted octanol–water partition coefficient (Wildman–Crippen LogP) is -1.53. The monoisotopic (exact) mass is 254 g/mol. The van der Waals surface area contributed by atoms with Crippen molar-refractivity contribution >= 4 is 12.4 Å². The van der Waals surface area contributed by atoms with Crippen LogP contribution in [-0.4, -0.2) is 53.9 Å². The zero-order chi connectivity index (χ0) is 12.4. The highest BCUT2D eigenvalue weighted by molar-refractivity contribution is 5.88. The average Bonchev–Trinajstić information content (AvgIpc) is 3.23. The van der Waals surface area contributed by atoms with E-state index in [0.717, 1.165) is 26.2 Å². The molecule has 1 aromatic rings. The van der Waals surface area contributed by atoms with Crippen LogP contribution in [0.3, 0.4) is 0 Å². The molecule has 1 aromatic heterocycles. The number of aromatic nitrogens is 2. The average molecular weight is 254 g/mol. The Morgan fingerprint density at radius 3 is 2.39 bits per heavy atom. The van der Waals surface area contributed by atoms with Gasteiger partial charge in [-0.2, -0.15) is 0 Å². The number of hydrogen-bond acceptors (Lipinski definition) is 9. The first kappa shape index (κ1) is 10.9. The minimum Gasteiger partial charge on any atom is -0.359 e. The minimum absolute atomic E-state index is 0.0926. The smallest absolute Gasteiger partial charge is 0.271 e. The Kier molecular flexibility index (Phi) is 2.78. The molecule has 0 N–H and O–H groups in total. The van der Waals surface area contributed by atoms with E-state index in [0.29, 0.717) is 0 Å². The summed E-state index contributed by atoms with van der Waals surface area (Å²) in [7, 11) is 0. The van der Waals surface area contributed by atoms with E-state index in [-0.39, 0.29) is 16.3 Å². The Hall–Kier alpha value is -2.20. The molecule has 0 aromatic carbocycles. The highest BCUT2D eigenvalue weighted by Crippen LogP contribution is 2.05. The molecule has 10 heteroatoms. The number of hydrogen-bond donors (Lipinski definition) is 0.